The Morgan fingerprint density at radius 1 is 1.00 bits per heavy atom. The molecular formula is C20H33NO7Si. The maximum atomic E-state index is 13.5. The van der Waals surface area contributed by atoms with Gasteiger partial charge in [0, 0.05) is 5.56 Å². The minimum Gasteiger partial charge on any atom is -0.493 e. The van der Waals surface area contributed by atoms with Gasteiger partial charge in [-0.25, -0.2) is 4.79 Å². The van der Waals surface area contributed by atoms with E-state index in [1.54, 1.807) is 16.7 Å². The molecule has 0 spiro atoms. The first kappa shape index (κ1) is 24.8. The second-order valence-corrected chi connectivity index (χ2v) is 10.4. The van der Waals surface area contributed by atoms with Gasteiger partial charge in [-0.05, 0) is 32.9 Å². The van der Waals surface area contributed by atoms with Gasteiger partial charge in [-0.1, -0.05) is 13.1 Å². The lowest BCUT2D eigenvalue weighted by Crippen LogP contribution is -2.54. The number of rotatable bonds is 9. The predicted molar refractivity (Wildman–Crippen MR) is 113 cm³/mol. The summed E-state index contributed by atoms with van der Waals surface area (Å²) in [6, 6.07) is 2.30. The Hall–Kier alpha value is -2.26. The summed E-state index contributed by atoms with van der Waals surface area (Å²) in [6.07, 6.45) is 0. The second kappa shape index (κ2) is 10.5. The van der Waals surface area contributed by atoms with E-state index in [1.807, 2.05) is 33.9 Å². The minimum atomic E-state index is -1.81. The Bertz CT molecular complexity index is 690. The van der Waals surface area contributed by atoms with Crippen molar-refractivity contribution in [3.63, 3.8) is 0 Å². The molecule has 0 unspecified atom stereocenters. The highest BCUT2D eigenvalue weighted by Crippen LogP contribution is 2.38. The first-order valence-corrected chi connectivity index (χ1v) is 12.2. The molecular weight excluding hydrogens is 394 g/mol. The fourth-order valence-electron chi connectivity index (χ4n) is 2.82. The molecule has 0 aliphatic heterocycles. The third-order valence-corrected chi connectivity index (χ3v) is 5.89. The van der Waals surface area contributed by atoms with Crippen molar-refractivity contribution in [2.45, 2.75) is 45.5 Å². The number of esters is 1. The maximum absolute atomic E-state index is 13.5. The fraction of sp³-hybridized carbons (Fsp3) is 0.600. The van der Waals surface area contributed by atoms with Gasteiger partial charge in [-0.15, -0.1) is 0 Å². The highest BCUT2D eigenvalue weighted by atomic mass is 28.3. The Labute approximate surface area is 174 Å². The van der Waals surface area contributed by atoms with Crippen molar-refractivity contribution in [2.24, 2.45) is 0 Å². The van der Waals surface area contributed by atoms with Gasteiger partial charge < -0.3 is 28.2 Å². The zero-order valence-electron chi connectivity index (χ0n) is 18.8. The van der Waals surface area contributed by atoms with Gasteiger partial charge in [-0.2, -0.15) is 0 Å². The number of ether oxygens (including phenoxy) is 5. The Morgan fingerprint density at radius 2 is 1.52 bits per heavy atom. The number of hydrogen-bond donors (Lipinski definition) is 0. The van der Waals surface area contributed by atoms with Crippen LogP contribution in [0.1, 0.15) is 31.1 Å². The van der Waals surface area contributed by atoms with Crippen molar-refractivity contribution in [1.29, 1.82) is 0 Å². The van der Waals surface area contributed by atoms with Gasteiger partial charge in [-0.3, -0.25) is 4.79 Å². The number of carbonyl (C=O) groups excluding carboxylic acids is 2. The van der Waals surface area contributed by atoms with E-state index < -0.39 is 26.6 Å². The molecule has 1 aromatic carbocycles. The molecule has 1 aromatic rings. The molecule has 0 aliphatic carbocycles. The molecule has 29 heavy (non-hydrogen) atoms. The van der Waals surface area contributed by atoms with E-state index >= 15 is 0 Å². The summed E-state index contributed by atoms with van der Waals surface area (Å²) in [5.41, 5.74) is -0.142. The summed E-state index contributed by atoms with van der Waals surface area (Å²) in [6.45, 7) is 9.63. The molecule has 1 amide bonds. The van der Waals surface area contributed by atoms with E-state index in [0.717, 1.165) is 0 Å². The third kappa shape index (κ3) is 6.36. The number of benzene rings is 1. The van der Waals surface area contributed by atoms with Crippen LogP contribution in [-0.2, 0) is 14.3 Å². The lowest BCUT2D eigenvalue weighted by Gasteiger charge is -2.35. The van der Waals surface area contributed by atoms with E-state index in [4.69, 9.17) is 23.7 Å². The van der Waals surface area contributed by atoms with Gasteiger partial charge in [0.2, 0.25) is 11.7 Å². The van der Waals surface area contributed by atoms with E-state index in [-0.39, 0.29) is 12.5 Å². The van der Waals surface area contributed by atoms with Crippen molar-refractivity contribution in [2.75, 3.05) is 35.0 Å². The fourth-order valence-corrected chi connectivity index (χ4v) is 4.36. The quantitative estimate of drug-likeness (QED) is 0.442. The molecule has 0 bridgehead atoms. The zero-order chi connectivity index (χ0) is 22.4. The molecule has 0 aliphatic rings. The van der Waals surface area contributed by atoms with Gasteiger partial charge in [0.15, 0.2) is 11.5 Å². The van der Waals surface area contributed by atoms with Crippen molar-refractivity contribution >= 4 is 20.8 Å². The highest BCUT2D eigenvalue weighted by Gasteiger charge is 2.35. The molecule has 0 aromatic heterocycles. The molecule has 9 heteroatoms. The topological polar surface area (TPSA) is 83.5 Å². The van der Waals surface area contributed by atoms with Crippen molar-refractivity contribution in [3.8, 4) is 17.2 Å². The van der Waals surface area contributed by atoms with Crippen LogP contribution in [-0.4, -0.2) is 72.1 Å². The van der Waals surface area contributed by atoms with Crippen LogP contribution in [0.25, 0.3) is 0 Å². The molecule has 1 rings (SSSR count). The summed E-state index contributed by atoms with van der Waals surface area (Å²) < 4.78 is 28.4. The standard InChI is InChI=1S/C20H33NO7Si/c1-20(2,3)28-12-14(19(23)27-7)21(29(8)9)18(22)13-10-15(24-4)17(26-6)16(11-13)25-5/h10-11,14,29H,12H2,1-9H3/t14-/m0/s1. The van der Waals surface area contributed by atoms with Crippen LogP contribution in [0.15, 0.2) is 12.1 Å². The number of nitrogens with zero attached hydrogens (tertiary/aromatic N) is 1. The molecule has 0 radical (unpaired) electrons. The average molecular weight is 428 g/mol. The maximum Gasteiger partial charge on any atom is 0.330 e. The van der Waals surface area contributed by atoms with E-state index in [1.165, 1.54) is 28.4 Å². The summed E-state index contributed by atoms with van der Waals surface area (Å²) in [4.78, 5) is 26.0. The van der Waals surface area contributed by atoms with Gasteiger partial charge in [0.05, 0.1) is 40.6 Å². The summed E-state index contributed by atoms with van der Waals surface area (Å²) in [5, 5.41) is 0. The van der Waals surface area contributed by atoms with Crippen molar-refractivity contribution in [1.82, 2.24) is 4.57 Å². The molecule has 0 saturated carbocycles. The Kier molecular flexibility index (Phi) is 8.97. The number of amides is 1. The first-order valence-electron chi connectivity index (χ1n) is 9.35. The highest BCUT2D eigenvalue weighted by molar-refractivity contribution is 6.56. The third-order valence-electron chi connectivity index (χ3n) is 4.19. The van der Waals surface area contributed by atoms with Crippen LogP contribution in [0.2, 0.25) is 13.1 Å². The van der Waals surface area contributed by atoms with Crippen LogP contribution in [0.4, 0.5) is 0 Å². The van der Waals surface area contributed by atoms with Crippen LogP contribution in [0, 0.1) is 0 Å². The number of carbonyl (C=O) groups is 2. The zero-order valence-corrected chi connectivity index (χ0v) is 20.0. The number of hydrogen-bond acceptors (Lipinski definition) is 7. The van der Waals surface area contributed by atoms with Crippen LogP contribution >= 0.6 is 0 Å². The van der Waals surface area contributed by atoms with Crippen LogP contribution in [0.3, 0.4) is 0 Å². The largest absolute Gasteiger partial charge is 0.493 e. The molecule has 1 atom stereocenters. The van der Waals surface area contributed by atoms with Crippen molar-refractivity contribution < 1.29 is 33.3 Å². The van der Waals surface area contributed by atoms with E-state index in [9.17, 15) is 9.59 Å². The van der Waals surface area contributed by atoms with Gasteiger partial charge in [0.1, 0.15) is 15.0 Å². The predicted octanol–water partition coefficient (Wildman–Crippen LogP) is 2.49. The van der Waals surface area contributed by atoms with Crippen molar-refractivity contribution in [3.05, 3.63) is 17.7 Å². The van der Waals surface area contributed by atoms with Gasteiger partial charge >= 0.3 is 5.97 Å². The molecule has 8 nitrogen and oxygen atoms in total. The lowest BCUT2D eigenvalue weighted by atomic mass is 10.1. The SMILES string of the molecule is COC(=O)[C@H](COC(C)(C)C)N(C(=O)c1cc(OC)c(OC)c(OC)c1)[SiH](C)C. The molecule has 0 saturated heterocycles. The average Bonchev–Trinajstić information content (AvgIpc) is 2.67. The molecule has 0 fully saturated rings. The Morgan fingerprint density at radius 3 is 1.86 bits per heavy atom. The van der Waals surface area contributed by atoms with E-state index in [0.29, 0.717) is 22.8 Å². The molecule has 164 valence electrons. The van der Waals surface area contributed by atoms with Gasteiger partial charge in [0.25, 0.3) is 0 Å². The second-order valence-electron chi connectivity index (χ2n) is 7.68. The summed E-state index contributed by atoms with van der Waals surface area (Å²) >= 11 is 0. The smallest absolute Gasteiger partial charge is 0.330 e. The molecule has 0 N–H and O–H groups in total. The Balaban J connectivity index is 3.42. The summed E-state index contributed by atoms with van der Waals surface area (Å²) in [5.74, 6) is 0.276. The first-order chi connectivity index (χ1) is 13.5. The molecule has 0 heterocycles. The summed E-state index contributed by atoms with van der Waals surface area (Å²) in [7, 11) is 3.95. The van der Waals surface area contributed by atoms with E-state index in [2.05, 4.69) is 0 Å². The monoisotopic (exact) mass is 427 g/mol. The minimum absolute atomic E-state index is 0.0392. The normalized spacial score (nSPS) is 12.3. The van der Waals surface area contributed by atoms with Crippen LogP contribution in [0.5, 0.6) is 17.2 Å². The lowest BCUT2D eigenvalue weighted by molar-refractivity contribution is -0.148. The van der Waals surface area contributed by atoms with Crippen LogP contribution < -0.4 is 14.2 Å². The number of methoxy groups -OCH3 is 4.